The first-order valence-corrected chi connectivity index (χ1v) is 19.5. The van der Waals surface area contributed by atoms with Crippen molar-refractivity contribution in [2.75, 3.05) is 10.2 Å². The Kier molecular flexibility index (Phi) is 10.5. The van der Waals surface area contributed by atoms with Gasteiger partial charge in [-0.2, -0.15) is 25.3 Å². The van der Waals surface area contributed by atoms with E-state index < -0.39 is 0 Å². The summed E-state index contributed by atoms with van der Waals surface area (Å²) in [5.74, 6) is 0. The summed E-state index contributed by atoms with van der Waals surface area (Å²) in [7, 11) is 0. The molecule has 0 saturated heterocycles. The Labute approximate surface area is 321 Å². The molecule has 0 radical (unpaired) electrons. The largest absolute Gasteiger partial charge is 0.374 e. The molecular formula is C44H50N2S4. The molecule has 0 spiro atoms. The fraction of sp³-hybridized carbons (Fsp3) is 0.318. The van der Waals surface area contributed by atoms with Gasteiger partial charge >= 0.3 is 0 Å². The van der Waals surface area contributed by atoms with Gasteiger partial charge in [0.2, 0.25) is 0 Å². The molecule has 0 saturated carbocycles. The highest BCUT2D eigenvalue weighted by Crippen LogP contribution is 2.52. The summed E-state index contributed by atoms with van der Waals surface area (Å²) >= 11 is 18.9. The Balaban J connectivity index is 1.34. The molecule has 0 fully saturated rings. The van der Waals surface area contributed by atoms with Gasteiger partial charge in [0.05, 0.1) is 10.7 Å². The van der Waals surface area contributed by atoms with E-state index in [0.29, 0.717) is 0 Å². The number of anilines is 2. The monoisotopic (exact) mass is 734 g/mol. The Morgan fingerprint density at radius 3 is 2.20 bits per heavy atom. The van der Waals surface area contributed by atoms with Crippen LogP contribution in [0.2, 0.25) is 0 Å². The molecule has 4 aromatic rings. The summed E-state index contributed by atoms with van der Waals surface area (Å²) < 4.78 is 0. The lowest BCUT2D eigenvalue weighted by molar-refractivity contribution is 0.634. The Morgan fingerprint density at radius 2 is 1.54 bits per heavy atom. The van der Waals surface area contributed by atoms with E-state index >= 15 is 0 Å². The molecule has 1 heterocycles. The van der Waals surface area contributed by atoms with Crippen molar-refractivity contribution < 1.29 is 0 Å². The topological polar surface area (TPSA) is 15.3 Å². The van der Waals surface area contributed by atoms with Crippen LogP contribution in [0.4, 0.5) is 11.4 Å². The second kappa shape index (κ2) is 14.3. The summed E-state index contributed by atoms with van der Waals surface area (Å²) in [5.41, 5.74) is 10.8. The molecule has 2 nitrogen and oxygen atoms in total. The number of nitrogens with one attached hydrogen (secondary N) is 1. The van der Waals surface area contributed by atoms with E-state index in [4.69, 9.17) is 12.6 Å². The van der Waals surface area contributed by atoms with Crippen LogP contribution in [0.1, 0.15) is 78.9 Å². The van der Waals surface area contributed by atoms with E-state index in [-0.39, 0.29) is 21.6 Å². The number of rotatable bonds is 8. The van der Waals surface area contributed by atoms with Crippen molar-refractivity contribution in [1.29, 1.82) is 0 Å². The maximum absolute atomic E-state index is 4.97. The van der Waals surface area contributed by atoms with Gasteiger partial charge in [0, 0.05) is 37.7 Å². The quantitative estimate of drug-likeness (QED) is 0.0704. The first-order chi connectivity index (χ1) is 23.6. The van der Waals surface area contributed by atoms with Crippen LogP contribution in [0.3, 0.4) is 0 Å². The van der Waals surface area contributed by atoms with Gasteiger partial charge in [-0.05, 0) is 137 Å². The molecule has 6 heteroatoms. The van der Waals surface area contributed by atoms with Crippen LogP contribution in [0, 0.1) is 0 Å². The number of hydrogen-bond donors (Lipinski definition) is 5. The maximum Gasteiger partial charge on any atom is 0.0739 e. The van der Waals surface area contributed by atoms with Crippen molar-refractivity contribution >= 4 is 83.4 Å². The first kappa shape index (κ1) is 36.9. The molecule has 1 N–H and O–H groups in total. The van der Waals surface area contributed by atoms with Gasteiger partial charge in [-0.3, -0.25) is 0 Å². The van der Waals surface area contributed by atoms with Gasteiger partial charge in [0.1, 0.15) is 0 Å². The second-order valence-electron chi connectivity index (χ2n) is 14.9. The number of fused-ring (bicyclic) bond motifs is 4. The molecule has 1 aliphatic carbocycles. The van der Waals surface area contributed by atoms with Crippen LogP contribution in [-0.4, -0.2) is 10.7 Å². The van der Waals surface area contributed by atoms with Crippen LogP contribution in [-0.2, 0) is 10.8 Å². The first-order valence-electron chi connectivity index (χ1n) is 17.5. The summed E-state index contributed by atoms with van der Waals surface area (Å²) in [5, 5.41) is 8.49. The van der Waals surface area contributed by atoms with Crippen LogP contribution in [0.15, 0.2) is 129 Å². The zero-order valence-electron chi connectivity index (χ0n) is 30.3. The highest BCUT2D eigenvalue weighted by Gasteiger charge is 2.42. The fourth-order valence-electron chi connectivity index (χ4n) is 7.97. The second-order valence-corrected chi connectivity index (χ2v) is 17.5. The van der Waals surface area contributed by atoms with Gasteiger partial charge in [-0.25, -0.2) is 0 Å². The maximum atomic E-state index is 4.97. The highest BCUT2D eigenvalue weighted by molar-refractivity contribution is 7.81. The van der Waals surface area contributed by atoms with Crippen LogP contribution >= 0.6 is 50.5 Å². The van der Waals surface area contributed by atoms with Gasteiger partial charge in [-0.15, -0.1) is 25.3 Å². The molecule has 6 rings (SSSR count). The lowest BCUT2D eigenvalue weighted by Gasteiger charge is -2.31. The summed E-state index contributed by atoms with van der Waals surface area (Å²) in [4.78, 5) is 4.34. The molecule has 50 heavy (non-hydrogen) atoms. The minimum absolute atomic E-state index is 0.0119. The van der Waals surface area contributed by atoms with Crippen molar-refractivity contribution in [3.8, 4) is 0 Å². The van der Waals surface area contributed by atoms with E-state index in [1.165, 1.54) is 60.8 Å². The van der Waals surface area contributed by atoms with Crippen molar-refractivity contribution in [2.24, 2.45) is 0 Å². The minimum Gasteiger partial charge on any atom is -0.374 e. The lowest BCUT2D eigenvalue weighted by atomic mass is 9.74. The van der Waals surface area contributed by atoms with E-state index in [9.17, 15) is 0 Å². The molecule has 0 aromatic heterocycles. The van der Waals surface area contributed by atoms with E-state index in [0.717, 1.165) is 40.3 Å². The average molecular weight is 735 g/mol. The number of benzene rings is 4. The molecule has 4 aromatic carbocycles. The van der Waals surface area contributed by atoms with Gasteiger partial charge in [-0.1, -0.05) is 76.8 Å². The number of thiol groups is 4. The molecule has 260 valence electrons. The molecule has 0 bridgehead atoms. The third kappa shape index (κ3) is 6.86. The Bertz CT molecular complexity index is 2130. The third-order valence-electron chi connectivity index (χ3n) is 10.7. The average Bonchev–Trinajstić information content (AvgIpc) is 3.29. The summed E-state index contributed by atoms with van der Waals surface area (Å²) in [6.45, 7) is 20.4. The van der Waals surface area contributed by atoms with E-state index in [2.05, 4.69) is 188 Å². The fourth-order valence-corrected chi connectivity index (χ4v) is 8.78. The third-order valence-corrected chi connectivity index (χ3v) is 11.6. The normalized spacial score (nSPS) is 19.2. The van der Waals surface area contributed by atoms with Crippen molar-refractivity contribution in [1.82, 2.24) is 0 Å². The number of allylic oxidation sites excluding steroid dienone is 9. The van der Waals surface area contributed by atoms with Gasteiger partial charge < -0.3 is 10.2 Å². The SMILES string of the molecule is C=C(/C=C/C1=C(C)C(=C/C=C2/N(C(C)S)c3ccc4cc(S)ccc4c3C2(C)C)/CCC1)C(C)(C)c1c(NC(C)S)ccc2cc(S)ccc12. The van der Waals surface area contributed by atoms with Crippen molar-refractivity contribution in [3.63, 3.8) is 0 Å². The van der Waals surface area contributed by atoms with Crippen LogP contribution < -0.4 is 10.2 Å². The predicted octanol–water partition coefficient (Wildman–Crippen LogP) is 13.0. The van der Waals surface area contributed by atoms with Gasteiger partial charge in [0.25, 0.3) is 0 Å². The Hall–Kier alpha value is -2.90. The molecule has 1 aliphatic heterocycles. The minimum atomic E-state index is -0.333. The lowest BCUT2D eigenvalue weighted by Crippen LogP contribution is -2.30. The zero-order chi connectivity index (χ0) is 36.1. The molecule has 0 amide bonds. The molecular weight excluding hydrogens is 685 g/mol. The van der Waals surface area contributed by atoms with Crippen LogP contribution in [0.25, 0.3) is 21.5 Å². The van der Waals surface area contributed by atoms with Crippen molar-refractivity contribution in [2.45, 2.75) is 99.1 Å². The summed E-state index contributed by atoms with van der Waals surface area (Å²) in [6.07, 6.45) is 12.5. The Morgan fingerprint density at radius 1 is 0.900 bits per heavy atom. The van der Waals surface area contributed by atoms with Crippen LogP contribution in [0.5, 0.6) is 0 Å². The molecule has 2 aliphatic rings. The molecule has 2 atom stereocenters. The number of nitrogens with zero attached hydrogens (tertiary/aromatic N) is 1. The standard InChI is InChI=1S/C44H50N2S4/c1-26(43(5,6)41-36-19-17-34(49)24-32(36)14-21-38(41)45-28(3)47)12-13-30-10-9-11-31(27(30)2)16-23-40-44(7,8)42-37-20-18-35(50)25-33(37)15-22-39(42)46(40)29(4)48/h12-25,28-29,45,47-50H,1,9-11H2,2-8H3/b13-12+,31-16+,40-23+. The van der Waals surface area contributed by atoms with E-state index in [1.807, 2.05) is 0 Å². The van der Waals surface area contributed by atoms with E-state index in [1.54, 1.807) is 0 Å². The predicted molar refractivity (Wildman–Crippen MR) is 232 cm³/mol. The highest BCUT2D eigenvalue weighted by atomic mass is 32.1. The molecule has 2 unspecified atom stereocenters. The van der Waals surface area contributed by atoms with Crippen molar-refractivity contribution in [3.05, 3.63) is 131 Å². The summed E-state index contributed by atoms with van der Waals surface area (Å²) in [6, 6.07) is 21.6. The smallest absolute Gasteiger partial charge is 0.0739 e. The van der Waals surface area contributed by atoms with Gasteiger partial charge in [0.15, 0.2) is 0 Å². The zero-order valence-corrected chi connectivity index (χ0v) is 33.9. The number of hydrogen-bond acceptors (Lipinski definition) is 6.